The third-order valence-electron chi connectivity index (χ3n) is 1.35. The quantitative estimate of drug-likeness (QED) is 0.567. The van der Waals surface area contributed by atoms with Crippen molar-refractivity contribution < 1.29 is 19.1 Å². The summed E-state index contributed by atoms with van der Waals surface area (Å²) in [5, 5.41) is 0.853. The molecule has 0 saturated carbocycles. The van der Waals surface area contributed by atoms with E-state index in [0.29, 0.717) is 10.7 Å². The molecular weight excluding hydrogens is 320 g/mol. The third-order valence-corrected chi connectivity index (χ3v) is 2.63. The zero-order chi connectivity index (χ0) is 11.1. The molecule has 0 saturated heterocycles. The highest BCUT2D eigenvalue weighted by atomic mass is 79.9. The summed E-state index contributed by atoms with van der Waals surface area (Å²) < 4.78 is 9.92. The van der Waals surface area contributed by atoms with Crippen molar-refractivity contribution in [3.63, 3.8) is 0 Å². The number of rotatable bonds is 5. The topological polar surface area (TPSA) is 52.6 Å². The Balaban J connectivity index is 4.28. The Bertz CT molecular complexity index is 186. The van der Waals surface area contributed by atoms with Gasteiger partial charge in [0, 0.05) is 24.5 Å². The fourth-order valence-corrected chi connectivity index (χ4v) is 1.94. The first-order valence-corrected chi connectivity index (χ1v) is 6.22. The zero-order valence-corrected chi connectivity index (χ0v) is 11.1. The summed E-state index contributed by atoms with van der Waals surface area (Å²) in [5.41, 5.74) is 0. The van der Waals surface area contributed by atoms with Gasteiger partial charge in [0.1, 0.15) is 12.2 Å². The van der Waals surface area contributed by atoms with Crippen LogP contribution in [0.2, 0.25) is 0 Å². The first-order chi connectivity index (χ1) is 6.51. The normalized spacial score (nSPS) is 14.3. The zero-order valence-electron chi connectivity index (χ0n) is 7.96. The number of alkyl halides is 2. The summed E-state index contributed by atoms with van der Waals surface area (Å²) >= 11 is 6.37. The van der Waals surface area contributed by atoms with Crippen LogP contribution in [0.15, 0.2) is 0 Å². The summed E-state index contributed by atoms with van der Waals surface area (Å²) in [4.78, 5) is 21.4. The van der Waals surface area contributed by atoms with Gasteiger partial charge in [0.2, 0.25) is 0 Å². The van der Waals surface area contributed by atoms with Crippen LogP contribution in [0, 0.1) is 0 Å². The lowest BCUT2D eigenvalue weighted by Gasteiger charge is -2.22. The van der Waals surface area contributed by atoms with Gasteiger partial charge >= 0.3 is 11.9 Å². The van der Waals surface area contributed by atoms with Gasteiger partial charge in [0.15, 0.2) is 0 Å². The second-order valence-electron chi connectivity index (χ2n) is 2.60. The molecule has 0 heterocycles. The second kappa shape index (κ2) is 7.23. The molecule has 0 fully saturated rings. The second-order valence-corrected chi connectivity index (χ2v) is 3.90. The summed E-state index contributed by atoms with van der Waals surface area (Å²) in [6, 6.07) is 0. The molecule has 0 aliphatic rings. The van der Waals surface area contributed by atoms with E-state index in [9.17, 15) is 9.59 Å². The predicted octanol–water partition coefficient (Wildman–Crippen LogP) is 1.64. The molecule has 6 heteroatoms. The highest BCUT2D eigenvalue weighted by Crippen LogP contribution is 2.11. The van der Waals surface area contributed by atoms with E-state index in [1.807, 2.05) is 0 Å². The number of esters is 2. The molecular formula is C8H12Br2O4. The smallest absolute Gasteiger partial charge is 0.303 e. The van der Waals surface area contributed by atoms with Gasteiger partial charge in [0.05, 0.1) is 0 Å². The predicted molar refractivity (Wildman–Crippen MR) is 58.7 cm³/mol. The van der Waals surface area contributed by atoms with Crippen molar-refractivity contribution in [3.8, 4) is 0 Å². The van der Waals surface area contributed by atoms with Crippen LogP contribution >= 0.6 is 31.9 Å². The van der Waals surface area contributed by atoms with Gasteiger partial charge in [-0.15, -0.1) is 0 Å². The highest BCUT2D eigenvalue weighted by molar-refractivity contribution is 9.09. The van der Waals surface area contributed by atoms with Crippen LogP contribution in [0.3, 0.4) is 0 Å². The molecule has 82 valence electrons. The summed E-state index contributed by atoms with van der Waals surface area (Å²) in [7, 11) is 0. The number of carbonyl (C=O) groups excluding carboxylic acids is 2. The maximum atomic E-state index is 10.7. The van der Waals surface area contributed by atoms with Crippen molar-refractivity contribution in [1.82, 2.24) is 0 Å². The average molecular weight is 332 g/mol. The lowest BCUT2D eigenvalue weighted by Crippen LogP contribution is -2.36. The van der Waals surface area contributed by atoms with Crippen LogP contribution in [0.25, 0.3) is 0 Å². The molecule has 2 atom stereocenters. The van der Waals surface area contributed by atoms with Gasteiger partial charge in [-0.1, -0.05) is 31.9 Å². The molecule has 0 aromatic heterocycles. The van der Waals surface area contributed by atoms with Gasteiger partial charge in [-0.2, -0.15) is 0 Å². The van der Waals surface area contributed by atoms with Crippen molar-refractivity contribution in [2.75, 3.05) is 10.7 Å². The lowest BCUT2D eigenvalue weighted by atomic mass is 10.2. The summed E-state index contributed by atoms with van der Waals surface area (Å²) in [5.74, 6) is -0.792. The molecule has 0 radical (unpaired) electrons. The van der Waals surface area contributed by atoms with Gasteiger partial charge in [-0.25, -0.2) is 0 Å². The van der Waals surface area contributed by atoms with Crippen LogP contribution in [0.1, 0.15) is 13.8 Å². The Morgan fingerprint density at radius 1 is 1.00 bits per heavy atom. The molecule has 4 nitrogen and oxygen atoms in total. The van der Waals surface area contributed by atoms with Gasteiger partial charge < -0.3 is 9.47 Å². The van der Waals surface area contributed by atoms with Crippen molar-refractivity contribution in [2.24, 2.45) is 0 Å². The number of ether oxygens (including phenoxy) is 2. The largest absolute Gasteiger partial charge is 0.458 e. The van der Waals surface area contributed by atoms with Crippen LogP contribution in [0.5, 0.6) is 0 Å². The fraction of sp³-hybridized carbons (Fsp3) is 0.750. The van der Waals surface area contributed by atoms with Crippen LogP contribution in [-0.4, -0.2) is 34.8 Å². The molecule has 0 amide bonds. The Morgan fingerprint density at radius 3 is 1.43 bits per heavy atom. The number of carbonyl (C=O) groups is 2. The molecule has 0 aromatic carbocycles. The molecule has 0 bridgehead atoms. The maximum Gasteiger partial charge on any atom is 0.303 e. The van der Waals surface area contributed by atoms with E-state index in [4.69, 9.17) is 9.47 Å². The van der Waals surface area contributed by atoms with E-state index >= 15 is 0 Å². The Hall–Kier alpha value is -0.100. The molecule has 0 N–H and O–H groups in total. The minimum atomic E-state index is -0.462. The van der Waals surface area contributed by atoms with Crippen LogP contribution < -0.4 is 0 Å². The van der Waals surface area contributed by atoms with E-state index < -0.39 is 24.1 Å². The fourth-order valence-electron chi connectivity index (χ4n) is 0.840. The van der Waals surface area contributed by atoms with Gasteiger partial charge in [-0.3, -0.25) is 9.59 Å². The summed E-state index contributed by atoms with van der Waals surface area (Å²) in [6.07, 6.45) is -0.924. The highest BCUT2D eigenvalue weighted by Gasteiger charge is 2.24. The number of halogens is 2. The van der Waals surface area contributed by atoms with E-state index in [0.717, 1.165) is 0 Å². The van der Waals surface area contributed by atoms with E-state index in [2.05, 4.69) is 31.9 Å². The van der Waals surface area contributed by atoms with Crippen LogP contribution in [0.4, 0.5) is 0 Å². The lowest BCUT2D eigenvalue weighted by molar-refractivity contribution is -0.161. The molecule has 14 heavy (non-hydrogen) atoms. The molecule has 0 aliphatic carbocycles. The van der Waals surface area contributed by atoms with Crippen molar-refractivity contribution in [3.05, 3.63) is 0 Å². The minimum absolute atomic E-state index is 0.396. The van der Waals surface area contributed by atoms with Gasteiger partial charge in [0.25, 0.3) is 0 Å². The third kappa shape index (κ3) is 5.59. The van der Waals surface area contributed by atoms with Gasteiger partial charge in [-0.05, 0) is 0 Å². The minimum Gasteiger partial charge on any atom is -0.458 e. The molecule has 0 spiro atoms. The Labute approximate surface area is 99.6 Å². The Morgan fingerprint density at radius 2 is 1.29 bits per heavy atom. The SMILES string of the molecule is CC(=O)OC(CBr)[C@H](CBr)OC(C)=O. The molecule has 1 unspecified atom stereocenters. The summed E-state index contributed by atoms with van der Waals surface area (Å²) in [6.45, 7) is 2.63. The first kappa shape index (κ1) is 13.9. The monoisotopic (exact) mass is 330 g/mol. The molecule has 0 rings (SSSR count). The number of hydrogen-bond acceptors (Lipinski definition) is 4. The van der Waals surface area contributed by atoms with E-state index in [1.165, 1.54) is 13.8 Å². The number of hydrogen-bond donors (Lipinski definition) is 0. The van der Waals surface area contributed by atoms with E-state index in [1.54, 1.807) is 0 Å². The standard InChI is InChI=1S/C8H12Br2O4/c1-5(11)13-7(3-9)8(4-10)14-6(2)12/h7-8H,3-4H2,1-2H3/t7-,8?/m0/s1. The maximum absolute atomic E-state index is 10.7. The first-order valence-electron chi connectivity index (χ1n) is 3.97. The molecule has 0 aromatic rings. The Kier molecular flexibility index (Phi) is 7.17. The van der Waals surface area contributed by atoms with Crippen molar-refractivity contribution in [1.29, 1.82) is 0 Å². The van der Waals surface area contributed by atoms with Crippen molar-refractivity contribution in [2.45, 2.75) is 26.1 Å². The van der Waals surface area contributed by atoms with Crippen LogP contribution in [-0.2, 0) is 19.1 Å². The van der Waals surface area contributed by atoms with Crippen molar-refractivity contribution >= 4 is 43.8 Å². The average Bonchev–Trinajstić information content (AvgIpc) is 2.10. The molecule has 0 aliphatic heterocycles. The van der Waals surface area contributed by atoms with E-state index in [-0.39, 0.29) is 0 Å².